The summed E-state index contributed by atoms with van der Waals surface area (Å²) in [4.78, 5) is 0.0261. The van der Waals surface area contributed by atoms with E-state index in [-0.39, 0.29) is 16.7 Å². The summed E-state index contributed by atoms with van der Waals surface area (Å²) in [6.07, 6.45) is 0.554. The number of halogens is 1. The van der Waals surface area contributed by atoms with Gasteiger partial charge in [-0.2, -0.15) is 0 Å². The number of methoxy groups -OCH3 is 1. The van der Waals surface area contributed by atoms with Gasteiger partial charge in [-0.1, -0.05) is 29.3 Å². The molecule has 0 aliphatic carbocycles. The van der Waals surface area contributed by atoms with Gasteiger partial charge in [0.1, 0.15) is 16.4 Å². The molecule has 7 heteroatoms. The van der Waals surface area contributed by atoms with Crippen molar-refractivity contribution in [3.8, 4) is 11.5 Å². The van der Waals surface area contributed by atoms with Crippen molar-refractivity contribution in [1.29, 1.82) is 0 Å². The van der Waals surface area contributed by atoms with Gasteiger partial charge < -0.3 is 9.47 Å². The lowest BCUT2D eigenvalue weighted by Crippen LogP contribution is -2.32. The minimum absolute atomic E-state index is 0.0261. The predicted molar refractivity (Wildman–Crippen MR) is 92.4 cm³/mol. The van der Waals surface area contributed by atoms with E-state index in [1.807, 2.05) is 25.1 Å². The Kier molecular flexibility index (Phi) is 4.71. The van der Waals surface area contributed by atoms with Gasteiger partial charge in [-0.25, -0.2) is 13.1 Å². The van der Waals surface area contributed by atoms with Crippen molar-refractivity contribution in [2.45, 2.75) is 24.3 Å². The third-order valence-electron chi connectivity index (χ3n) is 3.92. The summed E-state index contributed by atoms with van der Waals surface area (Å²) in [6, 6.07) is 9.91. The molecule has 3 rings (SSSR count). The Balaban J connectivity index is 1.97. The number of nitrogens with one attached hydrogen (secondary N) is 1. The minimum Gasteiger partial charge on any atom is -0.495 e. The molecular formula is C17H18ClNO4S. The lowest BCUT2D eigenvalue weighted by Gasteiger charge is -2.27. The zero-order valence-electron chi connectivity index (χ0n) is 13.4. The first-order valence-electron chi connectivity index (χ1n) is 7.50. The maximum Gasteiger partial charge on any atom is 0.244 e. The van der Waals surface area contributed by atoms with Crippen molar-refractivity contribution in [2.75, 3.05) is 13.7 Å². The van der Waals surface area contributed by atoms with Crippen LogP contribution in [0.5, 0.6) is 11.5 Å². The summed E-state index contributed by atoms with van der Waals surface area (Å²) in [5.74, 6) is 0.959. The molecule has 2 aromatic rings. The summed E-state index contributed by atoms with van der Waals surface area (Å²) in [5, 5.41) is 0.333. The molecule has 5 nitrogen and oxygen atoms in total. The predicted octanol–water partition coefficient (Wildman–Crippen LogP) is 3.46. The molecule has 0 fully saturated rings. The fourth-order valence-corrected chi connectivity index (χ4v) is 4.43. The van der Waals surface area contributed by atoms with E-state index in [0.717, 1.165) is 11.1 Å². The molecule has 0 spiro atoms. The minimum atomic E-state index is -3.80. The van der Waals surface area contributed by atoms with Crippen molar-refractivity contribution in [3.63, 3.8) is 0 Å². The number of fused-ring (bicyclic) bond motifs is 1. The van der Waals surface area contributed by atoms with Gasteiger partial charge in [0, 0.05) is 17.0 Å². The van der Waals surface area contributed by atoms with Gasteiger partial charge in [0.25, 0.3) is 0 Å². The molecule has 0 aromatic heterocycles. The summed E-state index contributed by atoms with van der Waals surface area (Å²) in [5.41, 5.74) is 1.88. The monoisotopic (exact) mass is 367 g/mol. The molecule has 128 valence electrons. The van der Waals surface area contributed by atoms with E-state index in [1.165, 1.54) is 13.2 Å². The van der Waals surface area contributed by atoms with E-state index in [2.05, 4.69) is 4.72 Å². The number of rotatable bonds is 4. The first-order valence-corrected chi connectivity index (χ1v) is 9.36. The van der Waals surface area contributed by atoms with Gasteiger partial charge in [-0.05, 0) is 31.2 Å². The second kappa shape index (κ2) is 6.63. The summed E-state index contributed by atoms with van der Waals surface area (Å²) >= 11 is 5.96. The Labute approximate surface area is 146 Å². The number of benzene rings is 2. The largest absolute Gasteiger partial charge is 0.495 e. The lowest BCUT2D eigenvalue weighted by molar-refractivity contribution is 0.263. The Hall–Kier alpha value is -1.76. The highest BCUT2D eigenvalue weighted by Gasteiger charge is 2.28. The third-order valence-corrected chi connectivity index (χ3v) is 5.65. The molecule has 0 bridgehead atoms. The Bertz CT molecular complexity index is 867. The van der Waals surface area contributed by atoms with Crippen LogP contribution in [0.3, 0.4) is 0 Å². The lowest BCUT2D eigenvalue weighted by atomic mass is 10.00. The van der Waals surface area contributed by atoms with Gasteiger partial charge in [0.05, 0.1) is 19.8 Å². The van der Waals surface area contributed by atoms with Crippen LogP contribution in [-0.2, 0) is 10.0 Å². The van der Waals surface area contributed by atoms with Crippen molar-refractivity contribution >= 4 is 21.6 Å². The van der Waals surface area contributed by atoms with Crippen LogP contribution in [0.2, 0.25) is 5.02 Å². The maximum atomic E-state index is 12.8. The van der Waals surface area contributed by atoms with E-state index >= 15 is 0 Å². The number of ether oxygens (including phenoxy) is 2. The molecule has 0 radical (unpaired) electrons. The van der Waals surface area contributed by atoms with Crippen LogP contribution < -0.4 is 14.2 Å². The first-order chi connectivity index (χ1) is 11.4. The smallest absolute Gasteiger partial charge is 0.244 e. The SMILES string of the molecule is COc1ccc(Cl)cc1S(=O)(=O)NC1CCOc2ccc(C)cc21. The highest BCUT2D eigenvalue weighted by atomic mass is 35.5. The summed E-state index contributed by atoms with van der Waals surface area (Å²) < 4.78 is 39.2. The Morgan fingerprint density at radius 1 is 1.25 bits per heavy atom. The highest BCUT2D eigenvalue weighted by Crippen LogP contribution is 2.35. The topological polar surface area (TPSA) is 64.6 Å². The average Bonchev–Trinajstić information content (AvgIpc) is 2.55. The summed E-state index contributed by atoms with van der Waals surface area (Å²) in [7, 11) is -2.37. The van der Waals surface area contributed by atoms with Crippen LogP contribution in [0.15, 0.2) is 41.3 Å². The average molecular weight is 368 g/mol. The van der Waals surface area contributed by atoms with Gasteiger partial charge >= 0.3 is 0 Å². The molecule has 0 amide bonds. The van der Waals surface area contributed by atoms with Crippen LogP contribution in [-0.4, -0.2) is 22.1 Å². The molecule has 1 N–H and O–H groups in total. The standard InChI is InChI=1S/C17H18ClNO4S/c1-11-3-5-15-13(9-11)14(7-8-23-15)19-24(20,21)17-10-12(18)4-6-16(17)22-2/h3-6,9-10,14,19H,7-8H2,1-2H3. The van der Waals surface area contributed by atoms with E-state index in [0.29, 0.717) is 23.8 Å². The molecular weight excluding hydrogens is 350 g/mol. The number of hydrogen-bond acceptors (Lipinski definition) is 4. The van der Waals surface area contributed by atoms with Gasteiger partial charge in [0.15, 0.2) is 0 Å². The zero-order valence-corrected chi connectivity index (χ0v) is 14.9. The molecule has 0 saturated heterocycles. The van der Waals surface area contributed by atoms with Crippen LogP contribution in [0, 0.1) is 6.92 Å². The third kappa shape index (κ3) is 3.36. The van der Waals surface area contributed by atoms with Crippen LogP contribution >= 0.6 is 11.6 Å². The molecule has 1 heterocycles. The number of sulfonamides is 1. The number of hydrogen-bond donors (Lipinski definition) is 1. The fourth-order valence-electron chi connectivity index (χ4n) is 2.75. The molecule has 24 heavy (non-hydrogen) atoms. The van der Waals surface area contributed by atoms with Crippen LogP contribution in [0.25, 0.3) is 0 Å². The van der Waals surface area contributed by atoms with Crippen LogP contribution in [0.1, 0.15) is 23.6 Å². The molecule has 1 aliphatic rings. The molecule has 1 atom stereocenters. The quantitative estimate of drug-likeness (QED) is 0.898. The van der Waals surface area contributed by atoms with Crippen molar-refractivity contribution < 1.29 is 17.9 Å². The van der Waals surface area contributed by atoms with E-state index < -0.39 is 10.0 Å². The Morgan fingerprint density at radius 2 is 2.04 bits per heavy atom. The molecule has 1 aliphatic heterocycles. The second-order valence-corrected chi connectivity index (χ2v) is 7.77. The van der Waals surface area contributed by atoms with Crippen molar-refractivity contribution in [1.82, 2.24) is 4.72 Å². The highest BCUT2D eigenvalue weighted by molar-refractivity contribution is 7.89. The zero-order chi connectivity index (χ0) is 17.3. The van der Waals surface area contributed by atoms with Gasteiger partial charge in [0.2, 0.25) is 10.0 Å². The van der Waals surface area contributed by atoms with Crippen molar-refractivity contribution in [3.05, 3.63) is 52.5 Å². The van der Waals surface area contributed by atoms with E-state index in [9.17, 15) is 8.42 Å². The number of aryl methyl sites for hydroxylation is 1. The first kappa shape index (κ1) is 17.1. The molecule has 1 unspecified atom stereocenters. The van der Waals surface area contributed by atoms with Crippen molar-refractivity contribution in [2.24, 2.45) is 0 Å². The van der Waals surface area contributed by atoms with Gasteiger partial charge in [-0.15, -0.1) is 0 Å². The van der Waals surface area contributed by atoms with E-state index in [4.69, 9.17) is 21.1 Å². The maximum absolute atomic E-state index is 12.8. The molecule has 0 saturated carbocycles. The normalized spacial score (nSPS) is 17.0. The van der Waals surface area contributed by atoms with Crippen LogP contribution in [0.4, 0.5) is 0 Å². The fraction of sp³-hybridized carbons (Fsp3) is 0.294. The Morgan fingerprint density at radius 3 is 2.79 bits per heavy atom. The van der Waals surface area contributed by atoms with Gasteiger partial charge in [-0.3, -0.25) is 0 Å². The molecule has 2 aromatic carbocycles. The summed E-state index contributed by atoms with van der Waals surface area (Å²) in [6.45, 7) is 2.41. The second-order valence-electron chi connectivity index (χ2n) is 5.65. The van der Waals surface area contributed by atoms with E-state index in [1.54, 1.807) is 12.1 Å².